The summed E-state index contributed by atoms with van der Waals surface area (Å²) in [5.74, 6) is 0. The van der Waals surface area contributed by atoms with Gasteiger partial charge in [0, 0.05) is 18.7 Å². The number of hydrogen-bond acceptors (Lipinski definition) is 4. The van der Waals surface area contributed by atoms with Gasteiger partial charge in [-0.3, -0.25) is 10.1 Å². The number of hydrogen-bond donors (Lipinski definition) is 3. The van der Waals surface area contributed by atoms with Gasteiger partial charge in [0.2, 0.25) is 0 Å². The molecule has 2 aromatic carbocycles. The highest BCUT2D eigenvalue weighted by atomic mass is 16.6. The number of rotatable bonds is 4. The summed E-state index contributed by atoms with van der Waals surface area (Å²) in [6.07, 6.45) is 0. The van der Waals surface area contributed by atoms with Gasteiger partial charge in [-0.1, -0.05) is 24.3 Å². The van der Waals surface area contributed by atoms with Crippen LogP contribution in [0.25, 0.3) is 11.1 Å². The van der Waals surface area contributed by atoms with Crippen molar-refractivity contribution in [2.24, 2.45) is 0 Å². The minimum atomic E-state index is -0.459. The molecule has 3 rings (SSSR count). The van der Waals surface area contributed by atoms with Gasteiger partial charge >= 0.3 is 6.03 Å². The standard InChI is InChI=1S/C16H15N3O4/c20-8-7-17-16(21)18-15-13-4-2-1-3-11(13)12-6-5-10(19(22)23)9-14(12)15/h1-6,9,15,20H,7-8H2,(H2,17,18,21). The van der Waals surface area contributed by atoms with Crippen LogP contribution < -0.4 is 10.6 Å². The Bertz CT molecular complexity index is 776. The molecule has 0 saturated heterocycles. The van der Waals surface area contributed by atoms with E-state index in [-0.39, 0.29) is 18.8 Å². The third-order valence-electron chi connectivity index (χ3n) is 3.79. The molecule has 0 saturated carbocycles. The molecule has 0 fully saturated rings. The maximum absolute atomic E-state index is 11.9. The van der Waals surface area contributed by atoms with Crippen LogP contribution >= 0.6 is 0 Å². The summed E-state index contributed by atoms with van der Waals surface area (Å²) in [6, 6.07) is 11.3. The number of amides is 2. The van der Waals surface area contributed by atoms with Crippen LogP contribution in [0.5, 0.6) is 0 Å². The third-order valence-corrected chi connectivity index (χ3v) is 3.79. The van der Waals surface area contributed by atoms with Crippen molar-refractivity contribution < 1.29 is 14.8 Å². The second-order valence-corrected chi connectivity index (χ2v) is 5.17. The molecule has 118 valence electrons. The molecule has 0 radical (unpaired) electrons. The number of nitrogens with zero attached hydrogens (tertiary/aromatic N) is 1. The zero-order valence-corrected chi connectivity index (χ0v) is 12.2. The molecule has 1 unspecified atom stereocenters. The SMILES string of the molecule is O=C(NCCO)NC1c2ccccc2-c2ccc([N+](=O)[O-])cc21. The molecule has 0 heterocycles. The minimum absolute atomic E-state index is 0.0147. The predicted octanol–water partition coefficient (Wildman–Crippen LogP) is 1.96. The van der Waals surface area contributed by atoms with Crippen molar-refractivity contribution in [2.45, 2.75) is 6.04 Å². The predicted molar refractivity (Wildman–Crippen MR) is 84.0 cm³/mol. The first-order valence-electron chi connectivity index (χ1n) is 7.14. The zero-order chi connectivity index (χ0) is 16.4. The highest BCUT2D eigenvalue weighted by Gasteiger charge is 2.31. The summed E-state index contributed by atoms with van der Waals surface area (Å²) < 4.78 is 0. The molecule has 0 aromatic heterocycles. The van der Waals surface area contributed by atoms with Gasteiger partial charge in [-0.2, -0.15) is 0 Å². The molecule has 7 heteroatoms. The molecule has 3 N–H and O–H groups in total. The van der Waals surface area contributed by atoms with Gasteiger partial charge in [0.15, 0.2) is 0 Å². The molecule has 0 spiro atoms. The fraction of sp³-hybridized carbons (Fsp3) is 0.188. The summed E-state index contributed by atoms with van der Waals surface area (Å²) in [5.41, 5.74) is 3.39. The van der Waals surface area contributed by atoms with Crippen LogP contribution in [0.1, 0.15) is 17.2 Å². The number of benzene rings is 2. The van der Waals surface area contributed by atoms with Crippen LogP contribution in [-0.2, 0) is 0 Å². The van der Waals surface area contributed by atoms with E-state index in [4.69, 9.17) is 5.11 Å². The zero-order valence-electron chi connectivity index (χ0n) is 12.2. The molecule has 2 aromatic rings. The van der Waals surface area contributed by atoms with Crippen LogP contribution in [0, 0.1) is 10.1 Å². The number of aliphatic hydroxyl groups is 1. The number of urea groups is 1. The van der Waals surface area contributed by atoms with Crippen molar-refractivity contribution in [3.05, 3.63) is 63.7 Å². The number of carbonyl (C=O) groups is 1. The number of nitrogens with one attached hydrogen (secondary N) is 2. The quantitative estimate of drug-likeness (QED) is 0.592. The van der Waals surface area contributed by atoms with Gasteiger partial charge in [0.05, 0.1) is 17.6 Å². The smallest absolute Gasteiger partial charge is 0.315 e. The molecule has 0 aliphatic heterocycles. The monoisotopic (exact) mass is 313 g/mol. The van der Waals surface area contributed by atoms with Crippen LogP contribution in [0.3, 0.4) is 0 Å². The van der Waals surface area contributed by atoms with Gasteiger partial charge < -0.3 is 15.7 Å². The highest BCUT2D eigenvalue weighted by molar-refractivity contribution is 5.83. The third kappa shape index (κ3) is 2.74. The highest BCUT2D eigenvalue weighted by Crippen LogP contribution is 2.44. The van der Waals surface area contributed by atoms with Gasteiger partial charge in [0.1, 0.15) is 0 Å². The van der Waals surface area contributed by atoms with Crippen molar-refractivity contribution in [2.75, 3.05) is 13.2 Å². The van der Waals surface area contributed by atoms with Gasteiger partial charge in [-0.05, 0) is 28.3 Å². The Hall–Kier alpha value is -2.93. The average Bonchev–Trinajstić information content (AvgIpc) is 2.86. The Labute approximate surface area is 132 Å². The summed E-state index contributed by atoms with van der Waals surface area (Å²) in [6.45, 7) is -0.0152. The van der Waals surface area contributed by atoms with Gasteiger partial charge in [-0.15, -0.1) is 0 Å². The lowest BCUT2D eigenvalue weighted by molar-refractivity contribution is -0.384. The number of nitro benzene ring substituents is 1. The molecule has 2 amide bonds. The van der Waals surface area contributed by atoms with Gasteiger partial charge in [-0.25, -0.2) is 4.79 Å². The lowest BCUT2D eigenvalue weighted by Gasteiger charge is -2.16. The number of fused-ring (bicyclic) bond motifs is 3. The fourth-order valence-corrected chi connectivity index (χ4v) is 2.82. The first-order valence-corrected chi connectivity index (χ1v) is 7.14. The number of nitro groups is 1. The van der Waals surface area contributed by atoms with E-state index in [1.807, 2.05) is 24.3 Å². The molecular formula is C16H15N3O4. The summed E-state index contributed by atoms with van der Waals surface area (Å²) in [4.78, 5) is 22.5. The number of aliphatic hydroxyl groups excluding tert-OH is 1. The van der Waals surface area contributed by atoms with E-state index in [1.54, 1.807) is 6.07 Å². The first-order chi connectivity index (χ1) is 11.1. The Morgan fingerprint density at radius 3 is 2.65 bits per heavy atom. The van der Waals surface area contributed by atoms with E-state index < -0.39 is 17.0 Å². The second kappa shape index (κ2) is 6.05. The number of carbonyl (C=O) groups excluding carboxylic acids is 1. The number of non-ortho nitro benzene ring substituents is 1. The molecule has 7 nitrogen and oxygen atoms in total. The Kier molecular flexibility index (Phi) is 3.94. The van der Waals surface area contributed by atoms with E-state index in [9.17, 15) is 14.9 Å². The van der Waals surface area contributed by atoms with E-state index in [1.165, 1.54) is 12.1 Å². The largest absolute Gasteiger partial charge is 0.395 e. The molecule has 0 bridgehead atoms. The van der Waals surface area contributed by atoms with Crippen LogP contribution in [0.2, 0.25) is 0 Å². The maximum atomic E-state index is 11.9. The molecule has 1 atom stereocenters. The van der Waals surface area contributed by atoms with E-state index >= 15 is 0 Å². The first kappa shape index (κ1) is 15.0. The van der Waals surface area contributed by atoms with Crippen molar-refractivity contribution in [3.63, 3.8) is 0 Å². The van der Waals surface area contributed by atoms with Crippen molar-refractivity contribution in [1.29, 1.82) is 0 Å². The van der Waals surface area contributed by atoms with Crippen LogP contribution in [-0.4, -0.2) is 29.2 Å². The van der Waals surface area contributed by atoms with Crippen molar-refractivity contribution in [1.82, 2.24) is 10.6 Å². The molecule has 1 aliphatic rings. The lowest BCUT2D eigenvalue weighted by atomic mass is 10.0. The normalized spacial score (nSPS) is 14.7. The van der Waals surface area contributed by atoms with Crippen molar-refractivity contribution >= 4 is 11.7 Å². The summed E-state index contributed by atoms with van der Waals surface area (Å²) in [7, 11) is 0. The van der Waals surface area contributed by atoms with E-state index in [0.29, 0.717) is 5.56 Å². The summed E-state index contributed by atoms with van der Waals surface area (Å²) in [5, 5.41) is 25.1. The Morgan fingerprint density at radius 1 is 1.17 bits per heavy atom. The van der Waals surface area contributed by atoms with E-state index in [2.05, 4.69) is 10.6 Å². The Balaban J connectivity index is 2.00. The van der Waals surface area contributed by atoms with Crippen LogP contribution in [0.15, 0.2) is 42.5 Å². The fourth-order valence-electron chi connectivity index (χ4n) is 2.82. The minimum Gasteiger partial charge on any atom is -0.395 e. The topological polar surface area (TPSA) is 104 Å². The molecule has 1 aliphatic carbocycles. The van der Waals surface area contributed by atoms with E-state index in [0.717, 1.165) is 16.7 Å². The molecule has 23 heavy (non-hydrogen) atoms. The van der Waals surface area contributed by atoms with Crippen molar-refractivity contribution in [3.8, 4) is 11.1 Å². The molecular weight excluding hydrogens is 298 g/mol. The lowest BCUT2D eigenvalue weighted by Crippen LogP contribution is -2.39. The maximum Gasteiger partial charge on any atom is 0.315 e. The van der Waals surface area contributed by atoms with Gasteiger partial charge in [0.25, 0.3) is 5.69 Å². The van der Waals surface area contributed by atoms with Crippen LogP contribution in [0.4, 0.5) is 10.5 Å². The Morgan fingerprint density at radius 2 is 1.91 bits per heavy atom. The second-order valence-electron chi connectivity index (χ2n) is 5.17. The average molecular weight is 313 g/mol. The summed E-state index contributed by atoms with van der Waals surface area (Å²) >= 11 is 0.